The molecule has 0 bridgehead atoms. The van der Waals surface area contributed by atoms with Gasteiger partial charge in [0.15, 0.2) is 0 Å². The third-order valence-corrected chi connectivity index (χ3v) is 4.44. The first-order valence-electron chi connectivity index (χ1n) is 8.31. The van der Waals surface area contributed by atoms with E-state index in [-0.39, 0.29) is 24.5 Å². The zero-order valence-electron chi connectivity index (χ0n) is 14.8. The number of aromatic nitrogens is 2. The van der Waals surface area contributed by atoms with E-state index >= 15 is 0 Å². The molecule has 1 amide bonds. The quantitative estimate of drug-likeness (QED) is 0.785. The number of nitrogens with zero attached hydrogens (tertiary/aromatic N) is 3. The lowest BCUT2D eigenvalue weighted by molar-refractivity contribution is 0.0921. The van der Waals surface area contributed by atoms with Crippen molar-refractivity contribution in [2.75, 3.05) is 38.8 Å². The number of amides is 1. The highest BCUT2D eigenvalue weighted by Gasteiger charge is 2.34. The second-order valence-electron chi connectivity index (χ2n) is 6.08. The zero-order chi connectivity index (χ0) is 18.5. The van der Waals surface area contributed by atoms with Gasteiger partial charge in [-0.05, 0) is 18.2 Å². The summed E-state index contributed by atoms with van der Waals surface area (Å²) in [6.07, 6.45) is 3.34. The lowest BCUT2D eigenvalue weighted by Gasteiger charge is -2.18. The van der Waals surface area contributed by atoms with Gasteiger partial charge < -0.3 is 24.8 Å². The van der Waals surface area contributed by atoms with Gasteiger partial charge in [0.05, 0.1) is 20.3 Å². The molecular weight excluding hydrogens is 336 g/mol. The predicted molar refractivity (Wildman–Crippen MR) is 95.6 cm³/mol. The standard InChI is InChI=1S/C18H22N4O4/c1-25-14-6-12(7-15(8-14)26-2)17(24)21-16-10-22(9-13(16)11-23)18-19-4-3-5-20-18/h3-8,13,16,23H,9-11H2,1-2H3,(H,21,24)/t13-,16+/m0/s1. The van der Waals surface area contributed by atoms with Crippen molar-refractivity contribution in [1.29, 1.82) is 0 Å². The highest BCUT2D eigenvalue weighted by molar-refractivity contribution is 5.95. The van der Waals surface area contributed by atoms with Crippen molar-refractivity contribution in [3.8, 4) is 11.5 Å². The van der Waals surface area contributed by atoms with E-state index in [1.807, 2.05) is 4.90 Å². The van der Waals surface area contributed by atoms with Gasteiger partial charge in [0.1, 0.15) is 11.5 Å². The fourth-order valence-corrected chi connectivity index (χ4v) is 3.03. The molecule has 0 spiro atoms. The van der Waals surface area contributed by atoms with Crippen LogP contribution in [-0.2, 0) is 0 Å². The molecule has 0 unspecified atom stereocenters. The van der Waals surface area contributed by atoms with E-state index in [4.69, 9.17) is 9.47 Å². The predicted octanol–water partition coefficient (Wildman–Crippen LogP) is 0.721. The summed E-state index contributed by atoms with van der Waals surface area (Å²) in [4.78, 5) is 23.1. The van der Waals surface area contributed by atoms with Crippen LogP contribution in [0.1, 0.15) is 10.4 Å². The number of methoxy groups -OCH3 is 2. The van der Waals surface area contributed by atoms with Crippen LogP contribution in [0.4, 0.5) is 5.95 Å². The maximum atomic E-state index is 12.7. The minimum absolute atomic E-state index is 0.0320. The van der Waals surface area contributed by atoms with Crippen LogP contribution in [-0.4, -0.2) is 60.9 Å². The molecule has 1 aliphatic rings. The molecule has 8 heteroatoms. The van der Waals surface area contributed by atoms with Gasteiger partial charge in [0.25, 0.3) is 5.91 Å². The molecule has 2 atom stereocenters. The lowest BCUT2D eigenvalue weighted by Crippen LogP contribution is -2.41. The Hall–Kier alpha value is -2.87. The Morgan fingerprint density at radius 2 is 1.85 bits per heavy atom. The number of aliphatic hydroxyl groups is 1. The number of hydrogen-bond acceptors (Lipinski definition) is 7. The first kappa shape index (κ1) is 17.9. The largest absolute Gasteiger partial charge is 0.497 e. The third-order valence-electron chi connectivity index (χ3n) is 4.44. The molecule has 26 heavy (non-hydrogen) atoms. The average Bonchev–Trinajstić information content (AvgIpc) is 3.11. The van der Waals surface area contributed by atoms with E-state index in [1.54, 1.807) is 36.7 Å². The van der Waals surface area contributed by atoms with Crippen molar-refractivity contribution in [2.45, 2.75) is 6.04 Å². The van der Waals surface area contributed by atoms with Crippen LogP contribution >= 0.6 is 0 Å². The number of anilines is 1. The first-order chi connectivity index (χ1) is 12.6. The molecule has 1 fully saturated rings. The smallest absolute Gasteiger partial charge is 0.251 e. The van der Waals surface area contributed by atoms with E-state index in [0.29, 0.717) is 36.1 Å². The number of carbonyl (C=O) groups is 1. The molecule has 2 aromatic rings. The lowest BCUT2D eigenvalue weighted by atomic mass is 10.0. The van der Waals surface area contributed by atoms with Crippen molar-refractivity contribution in [1.82, 2.24) is 15.3 Å². The van der Waals surface area contributed by atoms with Crippen LogP contribution in [0.3, 0.4) is 0 Å². The van der Waals surface area contributed by atoms with Gasteiger partial charge in [-0.3, -0.25) is 4.79 Å². The molecule has 0 aliphatic carbocycles. The number of rotatable bonds is 6. The number of aliphatic hydroxyl groups excluding tert-OH is 1. The SMILES string of the molecule is COc1cc(OC)cc(C(=O)N[C@@H]2CN(c3ncccn3)C[C@H]2CO)c1. The summed E-state index contributed by atoms with van der Waals surface area (Å²) >= 11 is 0. The van der Waals surface area contributed by atoms with Gasteiger partial charge in [-0.2, -0.15) is 0 Å². The molecule has 8 nitrogen and oxygen atoms in total. The summed E-state index contributed by atoms with van der Waals surface area (Å²) in [7, 11) is 3.07. The van der Waals surface area contributed by atoms with Crippen molar-refractivity contribution in [2.24, 2.45) is 5.92 Å². The van der Waals surface area contributed by atoms with E-state index in [0.717, 1.165) is 0 Å². The van der Waals surface area contributed by atoms with E-state index < -0.39 is 0 Å². The molecule has 1 aromatic carbocycles. The van der Waals surface area contributed by atoms with Gasteiger partial charge in [0, 0.05) is 49.6 Å². The van der Waals surface area contributed by atoms with Gasteiger partial charge >= 0.3 is 0 Å². The fourth-order valence-electron chi connectivity index (χ4n) is 3.03. The second kappa shape index (κ2) is 8.01. The van der Waals surface area contributed by atoms with Crippen LogP contribution in [0.25, 0.3) is 0 Å². The molecule has 0 saturated carbocycles. The molecule has 1 aliphatic heterocycles. The van der Waals surface area contributed by atoms with Gasteiger partial charge in [-0.15, -0.1) is 0 Å². The van der Waals surface area contributed by atoms with Gasteiger partial charge in [0.2, 0.25) is 5.95 Å². The number of hydrogen-bond donors (Lipinski definition) is 2. The molecule has 2 heterocycles. The highest BCUT2D eigenvalue weighted by Crippen LogP contribution is 2.24. The first-order valence-corrected chi connectivity index (χ1v) is 8.31. The number of nitrogens with one attached hydrogen (secondary N) is 1. The van der Waals surface area contributed by atoms with Crippen molar-refractivity contribution >= 4 is 11.9 Å². The Morgan fingerprint density at radius 3 is 2.42 bits per heavy atom. The van der Waals surface area contributed by atoms with E-state index in [9.17, 15) is 9.90 Å². The topological polar surface area (TPSA) is 96.8 Å². The molecule has 1 aromatic heterocycles. The summed E-state index contributed by atoms with van der Waals surface area (Å²) in [5, 5.41) is 12.7. The molecule has 0 radical (unpaired) electrons. The maximum absolute atomic E-state index is 12.7. The molecule has 138 valence electrons. The number of ether oxygens (including phenoxy) is 2. The number of carbonyl (C=O) groups excluding carboxylic acids is 1. The van der Waals surface area contributed by atoms with Crippen molar-refractivity contribution < 1.29 is 19.4 Å². The van der Waals surface area contributed by atoms with Crippen LogP contribution in [0.15, 0.2) is 36.7 Å². The van der Waals surface area contributed by atoms with Crippen molar-refractivity contribution in [3.05, 3.63) is 42.2 Å². The summed E-state index contributed by atoms with van der Waals surface area (Å²) in [5.74, 6) is 1.32. The average molecular weight is 358 g/mol. The van der Waals surface area contributed by atoms with Crippen LogP contribution in [0.2, 0.25) is 0 Å². The highest BCUT2D eigenvalue weighted by atomic mass is 16.5. The monoisotopic (exact) mass is 358 g/mol. The fraction of sp³-hybridized carbons (Fsp3) is 0.389. The molecule has 2 N–H and O–H groups in total. The van der Waals surface area contributed by atoms with E-state index in [2.05, 4.69) is 15.3 Å². The number of benzene rings is 1. The van der Waals surface area contributed by atoms with Crippen LogP contribution < -0.4 is 19.7 Å². The molecule has 3 rings (SSSR count). The van der Waals surface area contributed by atoms with Crippen LogP contribution in [0.5, 0.6) is 11.5 Å². The molecule has 1 saturated heterocycles. The normalized spacial score (nSPS) is 19.3. The Kier molecular flexibility index (Phi) is 5.52. The minimum Gasteiger partial charge on any atom is -0.497 e. The van der Waals surface area contributed by atoms with Gasteiger partial charge in [-0.25, -0.2) is 9.97 Å². The third kappa shape index (κ3) is 3.85. The zero-order valence-corrected chi connectivity index (χ0v) is 14.8. The second-order valence-corrected chi connectivity index (χ2v) is 6.08. The molecular formula is C18H22N4O4. The Labute approximate surface area is 151 Å². The maximum Gasteiger partial charge on any atom is 0.251 e. The summed E-state index contributed by atoms with van der Waals surface area (Å²) in [6, 6.07) is 6.54. The summed E-state index contributed by atoms with van der Waals surface area (Å²) in [6.45, 7) is 1.07. The van der Waals surface area contributed by atoms with Crippen molar-refractivity contribution in [3.63, 3.8) is 0 Å². The Balaban J connectivity index is 1.74. The van der Waals surface area contributed by atoms with Gasteiger partial charge in [-0.1, -0.05) is 0 Å². The summed E-state index contributed by atoms with van der Waals surface area (Å²) in [5.41, 5.74) is 0.437. The van der Waals surface area contributed by atoms with Crippen LogP contribution in [0, 0.1) is 5.92 Å². The Morgan fingerprint density at radius 1 is 1.19 bits per heavy atom. The summed E-state index contributed by atoms with van der Waals surface area (Å²) < 4.78 is 10.4. The Bertz CT molecular complexity index is 734. The minimum atomic E-state index is -0.249. The van der Waals surface area contributed by atoms with E-state index in [1.165, 1.54) is 14.2 Å².